The summed E-state index contributed by atoms with van der Waals surface area (Å²) in [5.74, 6) is 0.959. The van der Waals surface area contributed by atoms with E-state index in [-0.39, 0.29) is 0 Å². The van der Waals surface area contributed by atoms with Crippen molar-refractivity contribution in [2.75, 3.05) is 0 Å². The number of rotatable bonds is 0. The molecule has 0 saturated heterocycles. The molecule has 0 aliphatic heterocycles. The van der Waals surface area contributed by atoms with Gasteiger partial charge in [0.2, 0.25) is 0 Å². The molecule has 0 unspecified atom stereocenters. The average Bonchev–Trinajstić information content (AvgIpc) is 2.89. The van der Waals surface area contributed by atoms with Gasteiger partial charge in [0.15, 0.2) is 0 Å². The average molecular weight is 235 g/mol. The Hall–Kier alpha value is -2.29. The normalized spacial score (nSPS) is 11.9. The molecule has 18 heavy (non-hydrogen) atoms. The van der Waals surface area contributed by atoms with E-state index in [0.717, 1.165) is 16.9 Å². The van der Waals surface area contributed by atoms with Crippen molar-refractivity contribution in [2.24, 2.45) is 0 Å². The number of aromatic amines is 2. The minimum absolute atomic E-state index is 0.959. The number of aromatic nitrogens is 3. The molecule has 4 aromatic rings. The van der Waals surface area contributed by atoms with Crippen LogP contribution in [-0.2, 0) is 0 Å². The summed E-state index contributed by atoms with van der Waals surface area (Å²) in [6, 6.07) is 10.8. The largest absolute Gasteiger partial charge is 0.358 e. The van der Waals surface area contributed by atoms with Crippen molar-refractivity contribution in [1.82, 2.24) is 15.0 Å². The van der Waals surface area contributed by atoms with E-state index in [9.17, 15) is 0 Å². The molecular formula is C15H13N3. The maximum absolute atomic E-state index is 4.59. The molecule has 0 spiro atoms. The van der Waals surface area contributed by atoms with Gasteiger partial charge in [-0.1, -0.05) is 18.2 Å². The van der Waals surface area contributed by atoms with Crippen molar-refractivity contribution in [2.45, 2.75) is 13.8 Å². The lowest BCUT2D eigenvalue weighted by atomic mass is 10.1. The first-order chi connectivity index (χ1) is 8.72. The van der Waals surface area contributed by atoms with Crippen LogP contribution in [0.4, 0.5) is 0 Å². The van der Waals surface area contributed by atoms with Crippen LogP contribution in [0, 0.1) is 13.8 Å². The summed E-state index contributed by atoms with van der Waals surface area (Å²) < 4.78 is 0. The second kappa shape index (κ2) is 3.13. The van der Waals surface area contributed by atoms with Crippen LogP contribution in [0.25, 0.3) is 32.7 Å². The van der Waals surface area contributed by atoms with Crippen molar-refractivity contribution >= 4 is 32.7 Å². The van der Waals surface area contributed by atoms with E-state index < -0.39 is 0 Å². The molecule has 3 nitrogen and oxygen atoms in total. The minimum atomic E-state index is 0.959. The monoisotopic (exact) mass is 235 g/mol. The van der Waals surface area contributed by atoms with Gasteiger partial charge >= 0.3 is 0 Å². The van der Waals surface area contributed by atoms with Gasteiger partial charge in [-0.2, -0.15) is 0 Å². The Morgan fingerprint density at radius 2 is 1.78 bits per heavy atom. The summed E-state index contributed by atoms with van der Waals surface area (Å²) in [6.45, 7) is 4.08. The smallest absolute Gasteiger partial charge is 0.104 e. The zero-order valence-electron chi connectivity index (χ0n) is 10.3. The first-order valence-corrected chi connectivity index (χ1v) is 6.10. The predicted molar refractivity (Wildman–Crippen MR) is 74.9 cm³/mol. The number of H-pyrrole nitrogens is 2. The maximum atomic E-state index is 4.59. The number of benzene rings is 2. The molecule has 0 aliphatic rings. The highest BCUT2D eigenvalue weighted by molar-refractivity contribution is 6.14. The van der Waals surface area contributed by atoms with Gasteiger partial charge in [0.1, 0.15) is 5.82 Å². The Kier molecular flexibility index (Phi) is 1.69. The third kappa shape index (κ3) is 1.16. The van der Waals surface area contributed by atoms with Gasteiger partial charge in [-0.3, -0.25) is 0 Å². The molecule has 0 fully saturated rings. The van der Waals surface area contributed by atoms with Gasteiger partial charge in [-0.25, -0.2) is 4.98 Å². The fraction of sp³-hybridized carbons (Fsp3) is 0.133. The highest BCUT2D eigenvalue weighted by Crippen LogP contribution is 2.30. The van der Waals surface area contributed by atoms with E-state index in [1.165, 1.54) is 27.4 Å². The Bertz CT molecular complexity index is 820. The quantitative estimate of drug-likeness (QED) is 0.478. The minimum Gasteiger partial charge on any atom is -0.358 e. The summed E-state index contributed by atoms with van der Waals surface area (Å²) in [5, 5.41) is 3.69. The van der Waals surface area contributed by atoms with Crippen LogP contribution in [0.5, 0.6) is 0 Å². The van der Waals surface area contributed by atoms with E-state index in [1.54, 1.807) is 0 Å². The molecule has 2 aromatic heterocycles. The first-order valence-electron chi connectivity index (χ1n) is 6.10. The molecule has 2 aromatic carbocycles. The maximum Gasteiger partial charge on any atom is 0.104 e. The summed E-state index contributed by atoms with van der Waals surface area (Å²) in [7, 11) is 0. The Balaban J connectivity index is 2.29. The predicted octanol–water partition coefficient (Wildman–Crippen LogP) is 3.81. The van der Waals surface area contributed by atoms with Crippen LogP contribution < -0.4 is 0 Å². The van der Waals surface area contributed by atoms with Gasteiger partial charge < -0.3 is 9.97 Å². The van der Waals surface area contributed by atoms with Crippen molar-refractivity contribution in [3.05, 3.63) is 41.9 Å². The van der Waals surface area contributed by atoms with E-state index in [1.807, 2.05) is 6.92 Å². The van der Waals surface area contributed by atoms with Crippen molar-refractivity contribution in [3.8, 4) is 0 Å². The molecule has 2 N–H and O–H groups in total. The highest BCUT2D eigenvalue weighted by Gasteiger charge is 2.08. The molecule has 0 radical (unpaired) electrons. The van der Waals surface area contributed by atoms with Gasteiger partial charge in [-0.05, 0) is 26.0 Å². The van der Waals surface area contributed by atoms with Gasteiger partial charge in [0.25, 0.3) is 0 Å². The lowest BCUT2D eigenvalue weighted by Crippen LogP contribution is -1.78. The van der Waals surface area contributed by atoms with E-state index in [4.69, 9.17) is 0 Å². The fourth-order valence-electron chi connectivity index (χ4n) is 2.74. The molecule has 4 rings (SSSR count). The molecule has 0 aliphatic carbocycles. The summed E-state index contributed by atoms with van der Waals surface area (Å²) >= 11 is 0. The van der Waals surface area contributed by atoms with Gasteiger partial charge in [0, 0.05) is 21.9 Å². The van der Waals surface area contributed by atoms with Crippen molar-refractivity contribution in [1.29, 1.82) is 0 Å². The van der Waals surface area contributed by atoms with Crippen LogP contribution in [-0.4, -0.2) is 15.0 Å². The number of nitrogens with one attached hydrogen (secondary N) is 2. The van der Waals surface area contributed by atoms with Crippen LogP contribution in [0.15, 0.2) is 30.3 Å². The van der Waals surface area contributed by atoms with E-state index >= 15 is 0 Å². The summed E-state index contributed by atoms with van der Waals surface area (Å²) in [5.41, 5.74) is 4.55. The second-order valence-corrected chi connectivity index (χ2v) is 4.86. The molecular weight excluding hydrogens is 222 g/mol. The van der Waals surface area contributed by atoms with Crippen molar-refractivity contribution < 1.29 is 0 Å². The molecule has 0 bridgehead atoms. The second-order valence-electron chi connectivity index (χ2n) is 4.86. The molecule has 2 heterocycles. The number of nitrogens with zero attached hydrogens (tertiary/aromatic N) is 1. The number of fused-ring (bicyclic) bond motifs is 5. The number of imidazole rings is 1. The Labute approximate surface area is 104 Å². The fourth-order valence-corrected chi connectivity index (χ4v) is 2.74. The van der Waals surface area contributed by atoms with E-state index in [2.05, 4.69) is 52.2 Å². The van der Waals surface area contributed by atoms with Crippen LogP contribution in [0.3, 0.4) is 0 Å². The molecule has 0 amide bonds. The van der Waals surface area contributed by atoms with Gasteiger partial charge in [0.05, 0.1) is 16.6 Å². The summed E-state index contributed by atoms with van der Waals surface area (Å²) in [6.07, 6.45) is 0. The lowest BCUT2D eigenvalue weighted by Gasteiger charge is -2.00. The SMILES string of the molecule is Cc1cc2ccc3c(ccc4[nH]c(C)nc43)c2[nH]1. The summed E-state index contributed by atoms with van der Waals surface area (Å²) in [4.78, 5) is 11.3. The first kappa shape index (κ1) is 9.71. The third-order valence-corrected chi connectivity index (χ3v) is 3.49. The molecule has 3 heteroatoms. The van der Waals surface area contributed by atoms with E-state index in [0.29, 0.717) is 0 Å². The number of aryl methyl sites for hydroxylation is 2. The highest BCUT2D eigenvalue weighted by atomic mass is 14.9. The standard InChI is InChI=1S/C15H13N3/c1-8-7-10-3-4-12-11(14(10)16-8)5-6-13-15(12)18-9(2)17-13/h3-7,16H,1-2H3,(H,17,18). The molecule has 0 saturated carbocycles. The number of hydrogen-bond donors (Lipinski definition) is 2. The van der Waals surface area contributed by atoms with Crippen LogP contribution >= 0.6 is 0 Å². The molecule has 0 atom stereocenters. The van der Waals surface area contributed by atoms with Gasteiger partial charge in [-0.15, -0.1) is 0 Å². The van der Waals surface area contributed by atoms with Crippen LogP contribution in [0.2, 0.25) is 0 Å². The van der Waals surface area contributed by atoms with Crippen molar-refractivity contribution in [3.63, 3.8) is 0 Å². The topological polar surface area (TPSA) is 44.5 Å². The lowest BCUT2D eigenvalue weighted by molar-refractivity contribution is 1.17. The van der Waals surface area contributed by atoms with Crippen LogP contribution in [0.1, 0.15) is 11.5 Å². The number of hydrogen-bond acceptors (Lipinski definition) is 1. The Morgan fingerprint density at radius 3 is 2.67 bits per heavy atom. The molecule has 88 valence electrons. The zero-order chi connectivity index (χ0) is 12.3. The third-order valence-electron chi connectivity index (χ3n) is 3.49. The zero-order valence-corrected chi connectivity index (χ0v) is 10.3. The Morgan fingerprint density at radius 1 is 0.944 bits per heavy atom.